The first-order valence-corrected chi connectivity index (χ1v) is 11.3. The molecule has 1 atom stereocenters. The van der Waals surface area contributed by atoms with E-state index in [1.54, 1.807) is 36.4 Å². The second kappa shape index (κ2) is 11.2. The van der Waals surface area contributed by atoms with Crippen molar-refractivity contribution in [2.75, 3.05) is 6.61 Å². The number of hydrogen-bond acceptors (Lipinski definition) is 1. The van der Waals surface area contributed by atoms with Gasteiger partial charge in [-0.05, 0) is 30.2 Å². The summed E-state index contributed by atoms with van der Waals surface area (Å²) in [5.41, 5.74) is -1.51. The van der Waals surface area contributed by atoms with E-state index in [1.165, 1.54) is 44.2 Å². The van der Waals surface area contributed by atoms with Gasteiger partial charge in [-0.3, -0.25) is 0 Å². The first-order chi connectivity index (χ1) is 15.1. The van der Waals surface area contributed by atoms with Crippen LogP contribution in [0.4, 0.5) is 13.2 Å². The standard InChI is InChI=1S/C27H31F3O/c1-2-3-4-5-6-7-10-19-31-22-14-11-13-21(20-22)23-15-8-9-18-27(23,30)24-16-12-17-25(28)26(24)29/h8-9,11-17,20H,2-7,10,18-19H2,1H3. The quantitative estimate of drug-likeness (QED) is 0.327. The highest BCUT2D eigenvalue weighted by molar-refractivity contribution is 5.77. The smallest absolute Gasteiger partial charge is 0.167 e. The van der Waals surface area contributed by atoms with Gasteiger partial charge in [0.1, 0.15) is 5.75 Å². The molecular weight excluding hydrogens is 397 g/mol. The van der Waals surface area contributed by atoms with Crippen molar-refractivity contribution in [1.82, 2.24) is 0 Å². The second-order valence-corrected chi connectivity index (χ2v) is 8.11. The molecule has 1 aliphatic carbocycles. The Bertz CT molecular complexity index is 918. The topological polar surface area (TPSA) is 9.23 Å². The molecule has 0 radical (unpaired) electrons. The summed E-state index contributed by atoms with van der Waals surface area (Å²) in [5, 5.41) is 0. The number of halogens is 3. The Balaban J connectivity index is 1.68. The summed E-state index contributed by atoms with van der Waals surface area (Å²) in [4.78, 5) is 0. The zero-order valence-corrected chi connectivity index (χ0v) is 18.2. The average Bonchev–Trinajstić information content (AvgIpc) is 2.78. The van der Waals surface area contributed by atoms with Crippen LogP contribution < -0.4 is 4.74 Å². The van der Waals surface area contributed by atoms with Gasteiger partial charge in [0.05, 0.1) is 6.61 Å². The minimum atomic E-state index is -2.14. The summed E-state index contributed by atoms with van der Waals surface area (Å²) in [6.07, 6.45) is 13.4. The van der Waals surface area contributed by atoms with E-state index in [9.17, 15) is 8.78 Å². The SMILES string of the molecule is CCCCCCCCCOc1cccc(C2=CC=CCC2(F)c2cccc(F)c2F)c1. The van der Waals surface area contributed by atoms with Crippen molar-refractivity contribution in [3.8, 4) is 5.75 Å². The van der Waals surface area contributed by atoms with Crippen LogP contribution in [0.25, 0.3) is 5.57 Å². The van der Waals surface area contributed by atoms with Gasteiger partial charge in [0.15, 0.2) is 17.3 Å². The highest BCUT2D eigenvalue weighted by Gasteiger charge is 2.40. The van der Waals surface area contributed by atoms with Gasteiger partial charge in [-0.1, -0.05) is 87.9 Å². The van der Waals surface area contributed by atoms with Crippen molar-refractivity contribution in [2.45, 2.75) is 64.0 Å². The maximum Gasteiger partial charge on any atom is 0.167 e. The van der Waals surface area contributed by atoms with Gasteiger partial charge >= 0.3 is 0 Å². The number of unbranched alkanes of at least 4 members (excludes halogenated alkanes) is 6. The fraction of sp³-hybridized carbons (Fsp3) is 0.407. The molecule has 166 valence electrons. The van der Waals surface area contributed by atoms with E-state index >= 15 is 4.39 Å². The van der Waals surface area contributed by atoms with Crippen LogP contribution in [-0.4, -0.2) is 6.61 Å². The van der Waals surface area contributed by atoms with Gasteiger partial charge in [0.25, 0.3) is 0 Å². The zero-order valence-electron chi connectivity index (χ0n) is 18.2. The van der Waals surface area contributed by atoms with Crippen molar-refractivity contribution in [1.29, 1.82) is 0 Å². The molecule has 1 unspecified atom stereocenters. The molecule has 4 heteroatoms. The van der Waals surface area contributed by atoms with Crippen LogP contribution in [-0.2, 0) is 5.67 Å². The molecule has 0 N–H and O–H groups in total. The second-order valence-electron chi connectivity index (χ2n) is 8.11. The maximum atomic E-state index is 16.1. The van der Waals surface area contributed by atoms with Gasteiger partial charge in [-0.2, -0.15) is 0 Å². The molecule has 31 heavy (non-hydrogen) atoms. The van der Waals surface area contributed by atoms with Crippen molar-refractivity contribution < 1.29 is 17.9 Å². The molecule has 0 aromatic heterocycles. The first-order valence-electron chi connectivity index (χ1n) is 11.3. The highest BCUT2D eigenvalue weighted by atomic mass is 19.2. The molecular formula is C27H31F3O. The number of rotatable bonds is 11. The third-order valence-electron chi connectivity index (χ3n) is 5.77. The molecule has 0 heterocycles. The van der Waals surface area contributed by atoms with Crippen LogP contribution in [0.2, 0.25) is 0 Å². The summed E-state index contributed by atoms with van der Waals surface area (Å²) < 4.78 is 50.3. The van der Waals surface area contributed by atoms with Gasteiger partial charge in [-0.15, -0.1) is 0 Å². The zero-order chi connectivity index (χ0) is 22.1. The molecule has 0 saturated heterocycles. The van der Waals surface area contributed by atoms with Crippen LogP contribution in [0.1, 0.15) is 69.4 Å². The third-order valence-corrected chi connectivity index (χ3v) is 5.77. The minimum Gasteiger partial charge on any atom is -0.494 e. The summed E-state index contributed by atoms with van der Waals surface area (Å²) in [6.45, 7) is 2.82. The van der Waals surface area contributed by atoms with Gasteiger partial charge in [0, 0.05) is 17.6 Å². The molecule has 2 aromatic carbocycles. The largest absolute Gasteiger partial charge is 0.494 e. The Morgan fingerprint density at radius 2 is 1.68 bits per heavy atom. The number of hydrogen-bond donors (Lipinski definition) is 0. The lowest BCUT2D eigenvalue weighted by molar-refractivity contribution is 0.238. The predicted octanol–water partition coefficient (Wildman–Crippen LogP) is 8.30. The van der Waals surface area contributed by atoms with Crippen molar-refractivity contribution in [2.24, 2.45) is 0 Å². The Labute approximate surface area is 183 Å². The number of allylic oxidation sites excluding steroid dienone is 4. The number of alkyl halides is 1. The van der Waals surface area contributed by atoms with Crippen molar-refractivity contribution in [3.05, 3.63) is 83.5 Å². The van der Waals surface area contributed by atoms with E-state index in [1.807, 2.05) is 6.07 Å². The lowest BCUT2D eigenvalue weighted by Crippen LogP contribution is -2.25. The summed E-state index contributed by atoms with van der Waals surface area (Å²) in [6, 6.07) is 10.8. The fourth-order valence-electron chi connectivity index (χ4n) is 4.03. The van der Waals surface area contributed by atoms with Crippen LogP contribution >= 0.6 is 0 Å². The van der Waals surface area contributed by atoms with E-state index in [2.05, 4.69) is 6.92 Å². The third kappa shape index (κ3) is 5.81. The predicted molar refractivity (Wildman–Crippen MR) is 121 cm³/mol. The van der Waals surface area contributed by atoms with Gasteiger partial charge in [0.2, 0.25) is 0 Å². The van der Waals surface area contributed by atoms with Gasteiger partial charge < -0.3 is 4.74 Å². The summed E-state index contributed by atoms with van der Waals surface area (Å²) in [7, 11) is 0. The van der Waals surface area contributed by atoms with E-state index in [0.717, 1.165) is 18.9 Å². The molecule has 0 saturated carbocycles. The molecule has 0 amide bonds. The van der Waals surface area contributed by atoms with Crippen molar-refractivity contribution >= 4 is 5.57 Å². The highest BCUT2D eigenvalue weighted by Crippen LogP contribution is 2.46. The van der Waals surface area contributed by atoms with E-state index in [0.29, 0.717) is 23.5 Å². The van der Waals surface area contributed by atoms with Crippen LogP contribution in [0, 0.1) is 11.6 Å². The average molecular weight is 429 g/mol. The van der Waals surface area contributed by atoms with E-state index in [4.69, 9.17) is 4.74 Å². The molecule has 1 nitrogen and oxygen atoms in total. The minimum absolute atomic E-state index is 0.0533. The van der Waals surface area contributed by atoms with E-state index in [-0.39, 0.29) is 12.0 Å². The Morgan fingerprint density at radius 3 is 2.48 bits per heavy atom. The van der Waals surface area contributed by atoms with Crippen LogP contribution in [0.5, 0.6) is 5.75 Å². The number of benzene rings is 2. The lowest BCUT2D eigenvalue weighted by atomic mass is 9.78. The van der Waals surface area contributed by atoms with Crippen LogP contribution in [0.15, 0.2) is 60.7 Å². The van der Waals surface area contributed by atoms with E-state index < -0.39 is 17.3 Å². The molecule has 2 aromatic rings. The molecule has 0 fully saturated rings. The Hall–Kier alpha value is -2.49. The molecule has 0 spiro atoms. The van der Waals surface area contributed by atoms with Crippen molar-refractivity contribution in [3.63, 3.8) is 0 Å². The molecule has 1 aliphatic rings. The van der Waals surface area contributed by atoms with Crippen LogP contribution in [0.3, 0.4) is 0 Å². The normalized spacial score (nSPS) is 18.1. The summed E-state index contributed by atoms with van der Waals surface area (Å²) >= 11 is 0. The monoisotopic (exact) mass is 428 g/mol. The number of ether oxygens (including phenoxy) is 1. The summed E-state index contributed by atoms with van der Waals surface area (Å²) in [5.74, 6) is -1.53. The van der Waals surface area contributed by atoms with Gasteiger partial charge in [-0.25, -0.2) is 13.2 Å². The molecule has 0 bridgehead atoms. The molecule has 3 rings (SSSR count). The Morgan fingerprint density at radius 1 is 0.935 bits per heavy atom. The first kappa shape index (κ1) is 23.2. The fourth-order valence-corrected chi connectivity index (χ4v) is 4.03. The maximum absolute atomic E-state index is 16.1. The Kier molecular flexibility index (Phi) is 8.39. The lowest BCUT2D eigenvalue weighted by Gasteiger charge is -2.30. The molecule has 0 aliphatic heterocycles.